The van der Waals surface area contributed by atoms with Gasteiger partial charge in [0.2, 0.25) is 5.28 Å². The van der Waals surface area contributed by atoms with Gasteiger partial charge in [-0.3, -0.25) is 4.57 Å². The van der Waals surface area contributed by atoms with Crippen LogP contribution >= 0.6 is 42.6 Å². The van der Waals surface area contributed by atoms with E-state index < -0.39 is 37.6 Å². The number of aliphatic hydroxyl groups excluding tert-OH is 2. The molecule has 0 aliphatic carbocycles. The summed E-state index contributed by atoms with van der Waals surface area (Å²) < 4.78 is 40.4. The Balaban J connectivity index is 1.42. The standard InChI is InChI=1S/C29H38Cl2N5O10PS/c1-2-8-42-10-12-44-14-15-45-13-11-43-9-7-35(17-20-5-3-4-6-22(20)30)26-21-16-32-36(27(21)34-29(31)33-26)28-25(38)24(37)23(46-28)18-48-19-47(39,40)41/h1,3-6,16,23-25,28,37-38H,7-15,17-19H2,(H2,39,40,41)/t23-,24-,25-,28-/m1/s1. The van der Waals surface area contributed by atoms with Crippen molar-refractivity contribution in [2.45, 2.75) is 31.1 Å². The number of aromatic nitrogens is 4. The number of thioether (sulfide) groups is 1. The lowest BCUT2D eigenvalue weighted by molar-refractivity contribution is -0.0361. The highest BCUT2D eigenvalue weighted by Gasteiger charge is 2.45. The van der Waals surface area contributed by atoms with Crippen molar-refractivity contribution in [1.82, 2.24) is 19.7 Å². The first-order valence-electron chi connectivity index (χ1n) is 14.9. The topological polar surface area (TPSA) is 191 Å². The molecule has 0 bridgehead atoms. The second-order valence-electron chi connectivity index (χ2n) is 10.5. The van der Waals surface area contributed by atoms with Gasteiger partial charge in [-0.15, -0.1) is 18.2 Å². The van der Waals surface area contributed by atoms with Gasteiger partial charge in [0.25, 0.3) is 0 Å². The Labute approximate surface area is 291 Å². The Morgan fingerprint density at radius 2 is 1.67 bits per heavy atom. The zero-order valence-corrected chi connectivity index (χ0v) is 29.1. The molecule has 48 heavy (non-hydrogen) atoms. The summed E-state index contributed by atoms with van der Waals surface area (Å²) in [7, 11) is -4.25. The molecule has 1 aliphatic heterocycles. The lowest BCUT2D eigenvalue weighted by Gasteiger charge is -2.25. The van der Waals surface area contributed by atoms with Gasteiger partial charge < -0.3 is 48.6 Å². The van der Waals surface area contributed by atoms with Crippen LogP contribution in [0.25, 0.3) is 11.0 Å². The van der Waals surface area contributed by atoms with E-state index in [1.54, 1.807) is 6.07 Å². The molecule has 1 aromatic carbocycles. The number of anilines is 1. The van der Waals surface area contributed by atoms with Crippen molar-refractivity contribution >= 4 is 59.4 Å². The SMILES string of the molecule is C#CCOCCOCCOCCOCCN(Cc1ccccc1Cl)c1nc(Cl)nc2c1cnn2[C@@H]1O[C@H](CSCP(=O)(O)O)[C@@H](O)[C@H]1O. The van der Waals surface area contributed by atoms with E-state index in [2.05, 4.69) is 21.0 Å². The minimum Gasteiger partial charge on any atom is -0.387 e. The molecule has 15 nitrogen and oxygen atoms in total. The van der Waals surface area contributed by atoms with Gasteiger partial charge in [0, 0.05) is 23.9 Å². The molecule has 0 spiro atoms. The van der Waals surface area contributed by atoms with Crippen LogP contribution in [0.15, 0.2) is 30.5 Å². The highest BCUT2D eigenvalue weighted by molar-refractivity contribution is 8.04. The summed E-state index contributed by atoms with van der Waals surface area (Å²) in [6.07, 6.45) is 1.83. The fourth-order valence-corrected chi connectivity index (χ4v) is 6.96. The molecule has 1 fully saturated rings. The molecule has 4 N–H and O–H groups in total. The van der Waals surface area contributed by atoms with Gasteiger partial charge in [-0.05, 0) is 23.2 Å². The Bertz CT molecular complexity index is 1550. The van der Waals surface area contributed by atoms with Crippen molar-refractivity contribution in [1.29, 1.82) is 0 Å². The van der Waals surface area contributed by atoms with Crippen molar-refractivity contribution in [3.8, 4) is 12.3 Å². The van der Waals surface area contributed by atoms with Gasteiger partial charge in [0.05, 0.1) is 69.4 Å². The van der Waals surface area contributed by atoms with Crippen molar-refractivity contribution in [2.24, 2.45) is 0 Å². The van der Waals surface area contributed by atoms with E-state index in [4.69, 9.17) is 63.1 Å². The Morgan fingerprint density at radius 1 is 1.00 bits per heavy atom. The van der Waals surface area contributed by atoms with Crippen LogP contribution in [-0.2, 0) is 34.8 Å². The van der Waals surface area contributed by atoms with Crippen molar-refractivity contribution in [3.05, 3.63) is 46.3 Å². The maximum atomic E-state index is 11.2. The molecule has 0 saturated carbocycles. The number of hydrogen-bond acceptors (Lipinski definition) is 13. The molecular weight excluding hydrogens is 712 g/mol. The summed E-state index contributed by atoms with van der Waals surface area (Å²) in [5.41, 5.74) is 0.624. The summed E-state index contributed by atoms with van der Waals surface area (Å²) >= 11 is 13.8. The van der Waals surface area contributed by atoms with Crippen molar-refractivity contribution in [3.63, 3.8) is 0 Å². The quantitative estimate of drug-likeness (QED) is 0.0537. The number of nitrogens with zero attached hydrogens (tertiary/aromatic N) is 5. The minimum absolute atomic E-state index is 0.0353. The predicted octanol–water partition coefficient (Wildman–Crippen LogP) is 2.33. The minimum atomic E-state index is -4.25. The summed E-state index contributed by atoms with van der Waals surface area (Å²) in [6, 6.07) is 7.39. The van der Waals surface area contributed by atoms with Crippen LogP contribution < -0.4 is 4.90 Å². The third kappa shape index (κ3) is 11.5. The third-order valence-corrected chi connectivity index (χ3v) is 10.1. The molecule has 2 aromatic heterocycles. The molecule has 264 valence electrons. The molecule has 3 heterocycles. The Kier molecular flexibility index (Phi) is 15.6. The third-order valence-electron chi connectivity index (χ3n) is 6.95. The zero-order chi connectivity index (χ0) is 34.5. The van der Waals surface area contributed by atoms with Crippen molar-refractivity contribution in [2.75, 3.05) is 75.5 Å². The van der Waals surface area contributed by atoms with Crippen LogP contribution in [0.5, 0.6) is 0 Å². The molecular formula is C29H38Cl2N5O10PS. The van der Waals surface area contributed by atoms with Crippen LogP contribution in [0.1, 0.15) is 11.8 Å². The molecule has 4 atom stereocenters. The van der Waals surface area contributed by atoms with E-state index in [-0.39, 0.29) is 23.3 Å². The summed E-state index contributed by atoms with van der Waals surface area (Å²) in [6.45, 7) is 3.66. The second-order valence-corrected chi connectivity index (χ2v) is 14.3. The number of hydrogen-bond donors (Lipinski definition) is 4. The van der Waals surface area contributed by atoms with Crippen LogP contribution in [0, 0.1) is 12.3 Å². The second kappa shape index (κ2) is 19.4. The van der Waals surface area contributed by atoms with Gasteiger partial charge in [-0.25, -0.2) is 4.68 Å². The fourth-order valence-electron chi connectivity index (χ4n) is 4.73. The Hall–Kier alpha value is -2.07. The molecule has 0 radical (unpaired) electrons. The molecule has 1 saturated heterocycles. The molecule has 0 amide bonds. The van der Waals surface area contributed by atoms with Crippen molar-refractivity contribution < 1.29 is 48.2 Å². The maximum Gasteiger partial charge on any atom is 0.335 e. The van der Waals surface area contributed by atoms with E-state index >= 15 is 0 Å². The first-order chi connectivity index (χ1) is 23.1. The number of aliphatic hydroxyl groups is 2. The maximum absolute atomic E-state index is 11.2. The van der Waals surface area contributed by atoms with E-state index in [1.807, 2.05) is 23.1 Å². The number of terminal acetylenes is 1. The summed E-state index contributed by atoms with van der Waals surface area (Å²) in [5.74, 6) is 2.86. The average Bonchev–Trinajstić information content (AvgIpc) is 3.58. The first-order valence-corrected chi connectivity index (χ1v) is 18.6. The van der Waals surface area contributed by atoms with Crippen LogP contribution in [0.4, 0.5) is 5.82 Å². The fraction of sp³-hybridized carbons (Fsp3) is 0.552. The lowest BCUT2D eigenvalue weighted by Crippen LogP contribution is -2.33. The normalized spacial score (nSPS) is 19.6. The zero-order valence-electron chi connectivity index (χ0n) is 25.8. The number of fused-ring (bicyclic) bond motifs is 1. The van der Waals surface area contributed by atoms with Gasteiger partial charge in [0.1, 0.15) is 24.6 Å². The van der Waals surface area contributed by atoms with E-state index in [9.17, 15) is 14.8 Å². The predicted molar refractivity (Wildman–Crippen MR) is 180 cm³/mol. The first kappa shape index (κ1) is 38.7. The summed E-state index contributed by atoms with van der Waals surface area (Å²) in [5, 5.41) is 26.8. The summed E-state index contributed by atoms with van der Waals surface area (Å²) in [4.78, 5) is 29.1. The molecule has 19 heteroatoms. The molecule has 4 rings (SSSR count). The molecule has 3 aromatic rings. The number of ether oxygens (including phenoxy) is 5. The average molecular weight is 751 g/mol. The van der Waals surface area contributed by atoms with E-state index in [0.717, 1.165) is 17.3 Å². The van der Waals surface area contributed by atoms with Crippen LogP contribution in [0.2, 0.25) is 10.3 Å². The number of halogens is 2. The monoisotopic (exact) mass is 749 g/mol. The van der Waals surface area contributed by atoms with E-state index in [1.165, 1.54) is 10.9 Å². The van der Waals surface area contributed by atoms with Gasteiger partial charge in [-0.2, -0.15) is 15.1 Å². The molecule has 1 aliphatic rings. The smallest absolute Gasteiger partial charge is 0.335 e. The number of benzene rings is 1. The van der Waals surface area contributed by atoms with E-state index in [0.29, 0.717) is 75.6 Å². The largest absolute Gasteiger partial charge is 0.387 e. The Morgan fingerprint density at radius 3 is 2.33 bits per heavy atom. The highest BCUT2D eigenvalue weighted by Crippen LogP contribution is 2.41. The van der Waals surface area contributed by atoms with Gasteiger partial charge >= 0.3 is 7.60 Å². The highest BCUT2D eigenvalue weighted by atomic mass is 35.5. The lowest BCUT2D eigenvalue weighted by atomic mass is 10.1. The van der Waals surface area contributed by atoms with Crippen LogP contribution in [-0.4, -0.2) is 129 Å². The number of rotatable bonds is 21. The molecule has 0 unspecified atom stereocenters. The van der Waals surface area contributed by atoms with Crippen LogP contribution in [0.3, 0.4) is 0 Å². The van der Waals surface area contributed by atoms with Gasteiger partial charge in [0.15, 0.2) is 11.9 Å². The van der Waals surface area contributed by atoms with Gasteiger partial charge in [-0.1, -0.05) is 35.7 Å².